The number of Topliss-reactive ketones (excluding diaryl/α,β-unsaturated/α-hetero) is 1. The number of hydrogen-bond acceptors (Lipinski definition) is 2. The average Bonchev–Trinajstić information content (AvgIpc) is 2.14. The van der Waals surface area contributed by atoms with Gasteiger partial charge >= 0.3 is 0 Å². The van der Waals surface area contributed by atoms with Crippen LogP contribution in [0.3, 0.4) is 0 Å². The second kappa shape index (κ2) is 4.23. The molecule has 0 bridgehead atoms. The van der Waals surface area contributed by atoms with Crippen molar-refractivity contribution in [1.29, 1.82) is 0 Å². The zero-order chi connectivity index (χ0) is 9.10. The van der Waals surface area contributed by atoms with Gasteiger partial charge in [-0.25, -0.2) is 0 Å². The van der Waals surface area contributed by atoms with Crippen LogP contribution in [0, 0.1) is 0 Å². The quantitative estimate of drug-likeness (QED) is 0.569. The maximum Gasteiger partial charge on any atom is 0.149 e. The van der Waals surface area contributed by atoms with Crippen molar-refractivity contribution in [2.75, 3.05) is 13.1 Å². The Morgan fingerprint density at radius 2 is 1.77 bits per heavy atom. The van der Waals surface area contributed by atoms with Crippen LogP contribution in [0.1, 0.15) is 44.9 Å². The molecular weight excluding hydrogens is 162 g/mol. The summed E-state index contributed by atoms with van der Waals surface area (Å²) in [5.74, 6) is 0.513. The molecule has 0 saturated carbocycles. The average molecular weight is 181 g/mol. The summed E-state index contributed by atoms with van der Waals surface area (Å²) in [6.07, 6.45) is 8.18. The van der Waals surface area contributed by atoms with Crippen LogP contribution in [-0.4, -0.2) is 29.8 Å². The summed E-state index contributed by atoms with van der Waals surface area (Å²) in [6.45, 7) is 2.33. The van der Waals surface area contributed by atoms with E-state index in [2.05, 4.69) is 4.90 Å². The fourth-order valence-corrected chi connectivity index (χ4v) is 2.58. The van der Waals surface area contributed by atoms with E-state index >= 15 is 0 Å². The van der Waals surface area contributed by atoms with Crippen LogP contribution in [0.5, 0.6) is 0 Å². The third-order valence-corrected chi connectivity index (χ3v) is 3.35. The first-order valence-corrected chi connectivity index (χ1v) is 5.65. The molecule has 2 fully saturated rings. The van der Waals surface area contributed by atoms with E-state index in [0.29, 0.717) is 11.8 Å². The highest BCUT2D eigenvalue weighted by atomic mass is 16.1. The van der Waals surface area contributed by atoms with Gasteiger partial charge in [-0.15, -0.1) is 0 Å². The monoisotopic (exact) mass is 181 g/mol. The predicted octanol–water partition coefficient (Wildman–Crippen LogP) is 1.98. The lowest BCUT2D eigenvalue weighted by atomic mass is 9.93. The number of rotatable bonds is 0. The van der Waals surface area contributed by atoms with Crippen molar-refractivity contribution in [1.82, 2.24) is 4.90 Å². The topological polar surface area (TPSA) is 20.3 Å². The lowest BCUT2D eigenvalue weighted by Crippen LogP contribution is -2.45. The highest BCUT2D eigenvalue weighted by Gasteiger charge is 2.28. The van der Waals surface area contributed by atoms with E-state index in [9.17, 15) is 4.79 Å². The molecule has 0 radical (unpaired) electrons. The molecule has 2 saturated heterocycles. The van der Waals surface area contributed by atoms with Gasteiger partial charge in [-0.05, 0) is 38.8 Å². The summed E-state index contributed by atoms with van der Waals surface area (Å²) in [5, 5.41) is 0. The molecule has 0 aliphatic carbocycles. The molecule has 2 aliphatic rings. The highest BCUT2D eigenvalue weighted by molar-refractivity contribution is 5.84. The molecule has 1 unspecified atom stereocenters. The van der Waals surface area contributed by atoms with E-state index in [4.69, 9.17) is 0 Å². The molecular formula is C11H19NO. The van der Waals surface area contributed by atoms with E-state index in [1.54, 1.807) is 0 Å². The summed E-state index contributed by atoms with van der Waals surface area (Å²) in [4.78, 5) is 14.2. The first-order chi connectivity index (χ1) is 6.38. The molecule has 2 aliphatic heterocycles. The summed E-state index contributed by atoms with van der Waals surface area (Å²) >= 11 is 0. The fourth-order valence-electron chi connectivity index (χ4n) is 2.58. The van der Waals surface area contributed by atoms with Crippen molar-refractivity contribution in [3.8, 4) is 0 Å². The van der Waals surface area contributed by atoms with Crippen LogP contribution in [0.15, 0.2) is 0 Å². The van der Waals surface area contributed by atoms with Crippen LogP contribution >= 0.6 is 0 Å². The zero-order valence-corrected chi connectivity index (χ0v) is 8.30. The number of carbonyl (C=O) groups excluding carboxylic acids is 1. The van der Waals surface area contributed by atoms with Crippen LogP contribution in [0.4, 0.5) is 0 Å². The summed E-state index contributed by atoms with van der Waals surface area (Å²) in [6, 6.07) is 0.300. The van der Waals surface area contributed by atoms with E-state index in [0.717, 1.165) is 32.4 Å². The van der Waals surface area contributed by atoms with Crippen molar-refractivity contribution in [3.05, 3.63) is 0 Å². The maximum atomic E-state index is 11.8. The molecule has 2 nitrogen and oxygen atoms in total. The first kappa shape index (κ1) is 9.20. The Labute approximate surface area is 80.3 Å². The molecule has 13 heavy (non-hydrogen) atoms. The van der Waals surface area contributed by atoms with Gasteiger partial charge in [0.05, 0.1) is 6.04 Å². The minimum atomic E-state index is 0.300. The maximum absolute atomic E-state index is 11.8. The summed E-state index contributed by atoms with van der Waals surface area (Å²) < 4.78 is 0. The van der Waals surface area contributed by atoms with Gasteiger partial charge in [0.25, 0.3) is 0 Å². The van der Waals surface area contributed by atoms with E-state index < -0.39 is 0 Å². The number of piperidine rings is 1. The molecule has 0 N–H and O–H groups in total. The number of carbonyl (C=O) groups is 1. The van der Waals surface area contributed by atoms with Crippen molar-refractivity contribution < 1.29 is 4.79 Å². The second-order valence-electron chi connectivity index (χ2n) is 4.32. The minimum absolute atomic E-state index is 0.300. The zero-order valence-electron chi connectivity index (χ0n) is 8.30. The van der Waals surface area contributed by atoms with Gasteiger partial charge in [0.2, 0.25) is 0 Å². The Bertz CT molecular complexity index is 191. The van der Waals surface area contributed by atoms with Crippen molar-refractivity contribution in [2.45, 2.75) is 51.0 Å². The Morgan fingerprint density at radius 1 is 1.00 bits per heavy atom. The van der Waals surface area contributed by atoms with Gasteiger partial charge in [-0.1, -0.05) is 12.8 Å². The normalized spacial score (nSPS) is 32.0. The molecule has 1 atom stereocenters. The summed E-state index contributed by atoms with van der Waals surface area (Å²) in [5.41, 5.74) is 0. The lowest BCUT2D eigenvalue weighted by Gasteiger charge is -2.35. The molecule has 0 amide bonds. The molecule has 0 aromatic heterocycles. The van der Waals surface area contributed by atoms with Gasteiger partial charge < -0.3 is 0 Å². The smallest absolute Gasteiger partial charge is 0.149 e. The lowest BCUT2D eigenvalue weighted by molar-refractivity contribution is -0.126. The first-order valence-electron chi connectivity index (χ1n) is 5.65. The van der Waals surface area contributed by atoms with Crippen molar-refractivity contribution >= 4 is 5.78 Å². The largest absolute Gasteiger partial charge is 0.298 e. The Balaban J connectivity index is 2.02. The van der Waals surface area contributed by atoms with E-state index in [1.807, 2.05) is 0 Å². The van der Waals surface area contributed by atoms with Gasteiger partial charge in [-0.2, -0.15) is 0 Å². The van der Waals surface area contributed by atoms with Crippen LogP contribution in [-0.2, 0) is 4.79 Å². The van der Waals surface area contributed by atoms with Gasteiger partial charge in [-0.3, -0.25) is 9.69 Å². The molecule has 2 heteroatoms. The molecule has 74 valence electrons. The molecule has 0 aromatic rings. The fraction of sp³-hybridized carbons (Fsp3) is 0.909. The third kappa shape index (κ3) is 2.11. The minimum Gasteiger partial charge on any atom is -0.298 e. The standard InChI is InChI=1S/C11H19NO/c13-11-7-2-1-4-8-12-9-5-3-6-10(11)12/h10H,1-9H2. The SMILES string of the molecule is O=C1CCCCCN2CCCCC12. The van der Waals surface area contributed by atoms with Gasteiger partial charge in [0.1, 0.15) is 5.78 Å². The summed E-state index contributed by atoms with van der Waals surface area (Å²) in [7, 11) is 0. The Kier molecular flexibility index (Phi) is 2.99. The van der Waals surface area contributed by atoms with Crippen LogP contribution in [0.25, 0.3) is 0 Å². The Hall–Kier alpha value is -0.370. The molecule has 2 heterocycles. The molecule has 0 spiro atoms. The second-order valence-corrected chi connectivity index (χ2v) is 4.32. The van der Waals surface area contributed by atoms with E-state index in [-0.39, 0.29) is 0 Å². The van der Waals surface area contributed by atoms with Crippen LogP contribution in [0.2, 0.25) is 0 Å². The third-order valence-electron chi connectivity index (χ3n) is 3.35. The highest BCUT2D eigenvalue weighted by Crippen LogP contribution is 2.22. The Morgan fingerprint density at radius 3 is 2.62 bits per heavy atom. The van der Waals surface area contributed by atoms with Gasteiger partial charge in [0.15, 0.2) is 0 Å². The number of ketones is 1. The molecule has 2 rings (SSSR count). The number of fused-ring (bicyclic) bond motifs is 1. The van der Waals surface area contributed by atoms with Crippen LogP contribution < -0.4 is 0 Å². The molecule has 0 aromatic carbocycles. The van der Waals surface area contributed by atoms with Crippen molar-refractivity contribution in [3.63, 3.8) is 0 Å². The van der Waals surface area contributed by atoms with Gasteiger partial charge in [0, 0.05) is 6.42 Å². The van der Waals surface area contributed by atoms with E-state index in [1.165, 1.54) is 25.7 Å². The van der Waals surface area contributed by atoms with Crippen molar-refractivity contribution in [2.24, 2.45) is 0 Å². The number of hydrogen-bond donors (Lipinski definition) is 0. The number of nitrogens with zero attached hydrogens (tertiary/aromatic N) is 1. The predicted molar refractivity (Wildman–Crippen MR) is 52.7 cm³/mol.